The van der Waals surface area contributed by atoms with Crippen molar-refractivity contribution in [2.45, 2.75) is 20.3 Å². The minimum atomic E-state index is -1.01. The molecule has 0 saturated carbocycles. The number of hydrogen-bond acceptors (Lipinski definition) is 4. The number of hydrogen-bond donors (Lipinski definition) is 0. The lowest BCUT2D eigenvalue weighted by molar-refractivity contribution is -0.125. The molecule has 1 aliphatic heterocycles. The molecule has 5 nitrogen and oxygen atoms in total. The molecule has 0 radical (unpaired) electrons. The van der Waals surface area contributed by atoms with Crippen molar-refractivity contribution < 1.29 is 19.1 Å². The summed E-state index contributed by atoms with van der Waals surface area (Å²) in [6, 6.07) is 3.31. The summed E-state index contributed by atoms with van der Waals surface area (Å²) in [4.78, 5) is 26.6. The average Bonchev–Trinajstić information content (AvgIpc) is 2.49. The van der Waals surface area contributed by atoms with Gasteiger partial charge in [-0.1, -0.05) is 6.92 Å². The van der Waals surface area contributed by atoms with Gasteiger partial charge in [-0.25, -0.2) is 0 Å². The number of carbonyl (C=O) groups is 2. The Balaban J connectivity index is 2.70. The summed E-state index contributed by atoms with van der Waals surface area (Å²) in [5, 5.41) is 0. The van der Waals surface area contributed by atoms with Crippen LogP contribution >= 0.6 is 0 Å². The average molecular weight is 277 g/mol. The van der Waals surface area contributed by atoms with Crippen molar-refractivity contribution in [2.24, 2.45) is 5.41 Å². The number of fused-ring (bicyclic) bond motifs is 1. The molecular formula is C15H19NO4. The first kappa shape index (κ1) is 14.4. The number of Topliss-reactive ketones (excluding diaryl/α,β-unsaturated/α-hetero) is 1. The molecule has 1 unspecified atom stereocenters. The largest absolute Gasteiger partial charge is 0.493 e. The molecule has 1 aromatic carbocycles. The maximum Gasteiger partial charge on any atom is 0.240 e. The molecule has 1 aliphatic rings. The third kappa shape index (κ3) is 1.77. The van der Waals surface area contributed by atoms with Crippen molar-refractivity contribution in [3.63, 3.8) is 0 Å². The van der Waals surface area contributed by atoms with Gasteiger partial charge in [-0.2, -0.15) is 0 Å². The summed E-state index contributed by atoms with van der Waals surface area (Å²) >= 11 is 0. The zero-order valence-electron chi connectivity index (χ0n) is 12.4. The highest BCUT2D eigenvalue weighted by atomic mass is 16.5. The van der Waals surface area contributed by atoms with E-state index in [1.807, 2.05) is 6.92 Å². The molecule has 1 atom stereocenters. The number of ketones is 1. The first-order valence-corrected chi connectivity index (χ1v) is 6.49. The molecule has 2 rings (SSSR count). The van der Waals surface area contributed by atoms with Crippen molar-refractivity contribution in [1.82, 2.24) is 0 Å². The second-order valence-electron chi connectivity index (χ2n) is 5.10. The van der Waals surface area contributed by atoms with E-state index in [0.29, 0.717) is 29.2 Å². The van der Waals surface area contributed by atoms with Gasteiger partial charge in [0, 0.05) is 18.7 Å². The van der Waals surface area contributed by atoms with Crippen LogP contribution in [0.2, 0.25) is 0 Å². The van der Waals surface area contributed by atoms with E-state index in [-0.39, 0.29) is 11.7 Å². The number of carbonyl (C=O) groups excluding carboxylic acids is 2. The Labute approximate surface area is 118 Å². The van der Waals surface area contributed by atoms with Crippen LogP contribution in [0.1, 0.15) is 30.6 Å². The third-order valence-corrected chi connectivity index (χ3v) is 4.09. The maximum atomic E-state index is 12.6. The van der Waals surface area contributed by atoms with Crippen LogP contribution < -0.4 is 14.4 Å². The normalized spacial score (nSPS) is 21.8. The summed E-state index contributed by atoms with van der Waals surface area (Å²) in [6.45, 7) is 3.53. The highest BCUT2D eigenvalue weighted by molar-refractivity contribution is 6.24. The SMILES string of the molecule is CCC1(C)C(=O)c2cc(OC)c(OC)cc2N(C)C1=O. The van der Waals surface area contributed by atoms with E-state index in [2.05, 4.69) is 0 Å². The van der Waals surface area contributed by atoms with E-state index in [1.165, 1.54) is 19.1 Å². The fourth-order valence-corrected chi connectivity index (χ4v) is 2.51. The Morgan fingerprint density at radius 3 is 2.20 bits per heavy atom. The predicted octanol–water partition coefficient (Wildman–Crippen LogP) is 2.28. The van der Waals surface area contributed by atoms with Crippen LogP contribution in [0.25, 0.3) is 0 Å². The van der Waals surface area contributed by atoms with E-state index in [9.17, 15) is 9.59 Å². The van der Waals surface area contributed by atoms with Crippen molar-refractivity contribution >= 4 is 17.4 Å². The zero-order valence-corrected chi connectivity index (χ0v) is 12.4. The zero-order chi connectivity index (χ0) is 15.1. The molecule has 108 valence electrons. The van der Waals surface area contributed by atoms with E-state index in [0.717, 1.165) is 0 Å². The lowest BCUT2D eigenvalue weighted by atomic mass is 9.75. The summed E-state index contributed by atoms with van der Waals surface area (Å²) in [7, 11) is 4.71. The molecule has 0 spiro atoms. The first-order valence-electron chi connectivity index (χ1n) is 6.49. The lowest BCUT2D eigenvalue weighted by Crippen LogP contribution is -2.49. The van der Waals surface area contributed by atoms with E-state index >= 15 is 0 Å². The summed E-state index contributed by atoms with van der Waals surface area (Å²) in [5.41, 5.74) is 0.0409. The van der Waals surface area contributed by atoms with Crippen LogP contribution in [0, 0.1) is 5.41 Å². The van der Waals surface area contributed by atoms with Crippen molar-refractivity contribution in [1.29, 1.82) is 0 Å². The number of ether oxygens (including phenoxy) is 2. The van der Waals surface area contributed by atoms with Crippen LogP contribution in [0.15, 0.2) is 12.1 Å². The minimum Gasteiger partial charge on any atom is -0.493 e. The highest BCUT2D eigenvalue weighted by Crippen LogP contribution is 2.43. The third-order valence-electron chi connectivity index (χ3n) is 4.09. The molecule has 0 aromatic heterocycles. The minimum absolute atomic E-state index is 0.168. The van der Waals surface area contributed by atoms with Crippen LogP contribution in [0.4, 0.5) is 5.69 Å². The molecule has 1 heterocycles. The van der Waals surface area contributed by atoms with Crippen molar-refractivity contribution in [3.05, 3.63) is 17.7 Å². The van der Waals surface area contributed by atoms with Crippen LogP contribution in [0.3, 0.4) is 0 Å². The van der Waals surface area contributed by atoms with Gasteiger partial charge in [-0.3, -0.25) is 9.59 Å². The van der Waals surface area contributed by atoms with Gasteiger partial charge >= 0.3 is 0 Å². The number of anilines is 1. The predicted molar refractivity (Wildman–Crippen MR) is 75.7 cm³/mol. The van der Waals surface area contributed by atoms with Gasteiger partial charge in [-0.15, -0.1) is 0 Å². The first-order chi connectivity index (χ1) is 9.40. The molecule has 1 amide bonds. The molecule has 0 fully saturated rings. The van der Waals surface area contributed by atoms with Gasteiger partial charge < -0.3 is 14.4 Å². The van der Waals surface area contributed by atoms with E-state index in [4.69, 9.17) is 9.47 Å². The van der Waals surface area contributed by atoms with Gasteiger partial charge in [0.15, 0.2) is 17.3 Å². The monoisotopic (exact) mass is 277 g/mol. The van der Waals surface area contributed by atoms with Crippen LogP contribution in [-0.2, 0) is 4.79 Å². The van der Waals surface area contributed by atoms with Gasteiger partial charge in [0.2, 0.25) is 5.91 Å². The Bertz CT molecular complexity index is 581. The molecule has 0 N–H and O–H groups in total. The molecule has 5 heteroatoms. The van der Waals surface area contributed by atoms with Gasteiger partial charge in [-0.05, 0) is 19.4 Å². The highest BCUT2D eigenvalue weighted by Gasteiger charge is 2.47. The van der Waals surface area contributed by atoms with E-state index < -0.39 is 5.41 Å². The van der Waals surface area contributed by atoms with Crippen molar-refractivity contribution in [3.8, 4) is 11.5 Å². The smallest absolute Gasteiger partial charge is 0.240 e. The molecular weight excluding hydrogens is 258 g/mol. The topological polar surface area (TPSA) is 55.8 Å². The summed E-state index contributed by atoms with van der Waals surface area (Å²) < 4.78 is 10.5. The molecule has 1 aromatic rings. The fourth-order valence-electron chi connectivity index (χ4n) is 2.51. The second-order valence-corrected chi connectivity index (χ2v) is 5.10. The van der Waals surface area contributed by atoms with Crippen LogP contribution in [-0.4, -0.2) is 33.0 Å². The van der Waals surface area contributed by atoms with Gasteiger partial charge in [0.05, 0.1) is 19.9 Å². The summed E-state index contributed by atoms with van der Waals surface area (Å²) in [6.07, 6.45) is 0.461. The Morgan fingerprint density at radius 2 is 1.70 bits per heavy atom. The van der Waals surface area contributed by atoms with Gasteiger partial charge in [0.1, 0.15) is 5.41 Å². The fraction of sp³-hybridized carbons (Fsp3) is 0.467. The maximum absolute atomic E-state index is 12.6. The quantitative estimate of drug-likeness (QED) is 0.795. The standard InChI is InChI=1S/C15H19NO4/c1-6-15(2)13(17)9-7-11(19-4)12(20-5)8-10(9)16(3)14(15)18/h7-8H,6H2,1-5H3. The molecule has 20 heavy (non-hydrogen) atoms. The number of benzene rings is 1. The lowest BCUT2D eigenvalue weighted by Gasteiger charge is -2.37. The van der Waals surface area contributed by atoms with E-state index in [1.54, 1.807) is 26.1 Å². The molecule has 0 aliphatic carbocycles. The number of nitrogens with zero attached hydrogens (tertiary/aromatic N) is 1. The Morgan fingerprint density at radius 1 is 1.15 bits per heavy atom. The number of amides is 1. The number of rotatable bonds is 3. The van der Waals surface area contributed by atoms with Crippen LogP contribution in [0.5, 0.6) is 11.5 Å². The van der Waals surface area contributed by atoms with Gasteiger partial charge in [0.25, 0.3) is 0 Å². The van der Waals surface area contributed by atoms with Crippen molar-refractivity contribution in [2.75, 3.05) is 26.2 Å². The summed E-state index contributed by atoms with van der Waals surface area (Å²) in [5.74, 6) is 0.628. The second kappa shape index (κ2) is 4.81. The number of methoxy groups -OCH3 is 2. The molecule has 0 bridgehead atoms. The Kier molecular flexibility index (Phi) is 3.46. The Hall–Kier alpha value is -2.04. The molecule has 0 saturated heterocycles.